The van der Waals surface area contributed by atoms with Crippen molar-refractivity contribution in [1.29, 1.82) is 5.26 Å². The van der Waals surface area contributed by atoms with Gasteiger partial charge in [0.05, 0.1) is 17.9 Å². The van der Waals surface area contributed by atoms with Crippen LogP contribution in [0.1, 0.15) is 53.5 Å². The molecule has 28 heavy (non-hydrogen) atoms. The van der Waals surface area contributed by atoms with Crippen molar-refractivity contribution >= 4 is 5.91 Å². The summed E-state index contributed by atoms with van der Waals surface area (Å²) in [5.41, 5.74) is -1.81. The highest BCUT2D eigenvalue weighted by Gasteiger charge is 2.35. The molecule has 8 nitrogen and oxygen atoms in total. The molecule has 1 aliphatic rings. The maximum atomic E-state index is 13.0. The number of aromatic nitrogens is 3. The normalized spacial score (nSPS) is 19.7. The number of hydrogen-bond acceptors (Lipinski definition) is 7. The Labute approximate surface area is 157 Å². The first-order chi connectivity index (χ1) is 13.3. The van der Waals surface area contributed by atoms with Crippen molar-refractivity contribution in [2.24, 2.45) is 0 Å². The molecule has 1 N–H and O–H groups in total. The largest absolute Gasteiger partial charge is 0.489 e. The minimum Gasteiger partial charge on any atom is -0.489 e. The molecule has 2 heterocycles. The summed E-state index contributed by atoms with van der Waals surface area (Å²) in [4.78, 5) is 19.4. The molecule has 1 saturated carbocycles. The number of carbonyl (C=O) groups excluding carboxylic acids is 1. The van der Waals surface area contributed by atoms with Crippen molar-refractivity contribution in [3.63, 3.8) is 0 Å². The van der Waals surface area contributed by atoms with Crippen molar-refractivity contribution in [3.8, 4) is 11.8 Å². The fraction of sp³-hybridized carbons (Fsp3) is 0.471. The monoisotopic (exact) mass is 395 g/mol. The Bertz CT molecular complexity index is 898. The van der Waals surface area contributed by atoms with Gasteiger partial charge in [-0.1, -0.05) is 5.16 Å². The molecule has 2 aromatic rings. The number of halogens is 3. The third kappa shape index (κ3) is 4.57. The number of carbonyl (C=O) groups is 1. The summed E-state index contributed by atoms with van der Waals surface area (Å²) in [6.45, 7) is 1.60. The van der Waals surface area contributed by atoms with E-state index in [4.69, 9.17) is 14.5 Å². The molecule has 0 saturated heterocycles. The van der Waals surface area contributed by atoms with E-state index in [9.17, 15) is 18.0 Å². The first kappa shape index (κ1) is 19.6. The SMILES string of the molecule is Cc1noc(C(=O)NC2CCC(Oc3cnc(C#N)c(C(F)(F)F)c3)CC2)n1. The number of aryl methyl sites for hydroxylation is 1. The van der Waals surface area contributed by atoms with E-state index in [1.165, 1.54) is 6.07 Å². The van der Waals surface area contributed by atoms with Crippen LogP contribution in [-0.2, 0) is 6.18 Å². The minimum absolute atomic E-state index is 0.0415. The predicted molar refractivity (Wildman–Crippen MR) is 87.1 cm³/mol. The summed E-state index contributed by atoms with van der Waals surface area (Å²) in [6, 6.07) is 2.10. The molecule has 0 atom stereocenters. The number of amides is 1. The highest BCUT2D eigenvalue weighted by Crippen LogP contribution is 2.34. The molecule has 0 aliphatic heterocycles. The molecule has 2 aromatic heterocycles. The van der Waals surface area contributed by atoms with Gasteiger partial charge in [-0.2, -0.15) is 23.4 Å². The molecule has 0 unspecified atom stereocenters. The van der Waals surface area contributed by atoms with Crippen LogP contribution in [0, 0.1) is 18.3 Å². The summed E-state index contributed by atoms with van der Waals surface area (Å²) in [5.74, 6) is -0.257. The van der Waals surface area contributed by atoms with Crippen LogP contribution in [0.15, 0.2) is 16.8 Å². The zero-order valence-electron chi connectivity index (χ0n) is 14.8. The fourth-order valence-electron chi connectivity index (χ4n) is 2.97. The lowest BCUT2D eigenvalue weighted by Crippen LogP contribution is -2.39. The maximum absolute atomic E-state index is 13.0. The quantitative estimate of drug-likeness (QED) is 0.847. The Balaban J connectivity index is 1.56. The van der Waals surface area contributed by atoms with Crippen LogP contribution in [0.4, 0.5) is 13.2 Å². The van der Waals surface area contributed by atoms with Crippen molar-refractivity contribution in [1.82, 2.24) is 20.4 Å². The van der Waals surface area contributed by atoms with Crippen LogP contribution < -0.4 is 10.1 Å². The van der Waals surface area contributed by atoms with Gasteiger partial charge in [-0.25, -0.2) is 4.98 Å². The Morgan fingerprint density at radius 2 is 2.07 bits per heavy atom. The molecule has 3 rings (SSSR count). The third-order valence-corrected chi connectivity index (χ3v) is 4.31. The van der Waals surface area contributed by atoms with E-state index in [1.807, 2.05) is 0 Å². The van der Waals surface area contributed by atoms with Gasteiger partial charge in [0, 0.05) is 6.04 Å². The molecule has 11 heteroatoms. The smallest absolute Gasteiger partial charge is 0.419 e. The van der Waals surface area contributed by atoms with E-state index >= 15 is 0 Å². The van der Waals surface area contributed by atoms with E-state index in [-0.39, 0.29) is 23.8 Å². The van der Waals surface area contributed by atoms with E-state index < -0.39 is 23.3 Å². The summed E-state index contributed by atoms with van der Waals surface area (Å²) >= 11 is 0. The fourth-order valence-corrected chi connectivity index (χ4v) is 2.97. The second-order valence-electron chi connectivity index (χ2n) is 6.39. The molecule has 0 radical (unpaired) electrons. The number of ether oxygens (including phenoxy) is 1. The standard InChI is InChI=1S/C17H16F3N5O3/c1-9-23-16(28-25-9)15(26)24-10-2-4-11(5-3-10)27-12-6-13(17(18,19)20)14(7-21)22-8-12/h6,8,10-11H,2-5H2,1H3,(H,24,26). The molecule has 0 spiro atoms. The molecular formula is C17H16F3N5O3. The number of nitrogens with zero attached hydrogens (tertiary/aromatic N) is 4. The van der Waals surface area contributed by atoms with Gasteiger partial charge in [0.25, 0.3) is 0 Å². The zero-order valence-corrected chi connectivity index (χ0v) is 14.8. The number of rotatable bonds is 4. The van der Waals surface area contributed by atoms with Gasteiger partial charge in [-0.3, -0.25) is 4.79 Å². The lowest BCUT2D eigenvalue weighted by molar-refractivity contribution is -0.138. The van der Waals surface area contributed by atoms with E-state index in [1.54, 1.807) is 6.92 Å². The topological polar surface area (TPSA) is 114 Å². The Morgan fingerprint density at radius 3 is 2.64 bits per heavy atom. The number of nitrogens with one attached hydrogen (secondary N) is 1. The molecule has 1 amide bonds. The second kappa shape index (κ2) is 7.84. The highest BCUT2D eigenvalue weighted by molar-refractivity contribution is 5.89. The molecule has 0 aromatic carbocycles. The van der Waals surface area contributed by atoms with Crippen molar-refractivity contribution in [3.05, 3.63) is 35.2 Å². The first-order valence-corrected chi connectivity index (χ1v) is 8.51. The summed E-state index contributed by atoms with van der Waals surface area (Å²) in [7, 11) is 0. The number of pyridine rings is 1. The van der Waals surface area contributed by atoms with Crippen LogP contribution >= 0.6 is 0 Å². The van der Waals surface area contributed by atoms with Gasteiger partial charge < -0.3 is 14.6 Å². The molecular weight excluding hydrogens is 379 g/mol. The van der Waals surface area contributed by atoms with Gasteiger partial charge in [0.2, 0.25) is 0 Å². The Morgan fingerprint density at radius 1 is 1.36 bits per heavy atom. The average Bonchev–Trinajstić information content (AvgIpc) is 3.09. The van der Waals surface area contributed by atoms with Crippen LogP contribution in [0.5, 0.6) is 5.75 Å². The predicted octanol–water partition coefficient (Wildman–Crippen LogP) is 2.78. The Hall–Kier alpha value is -3.16. The van der Waals surface area contributed by atoms with Gasteiger partial charge >= 0.3 is 18.0 Å². The van der Waals surface area contributed by atoms with Crippen molar-refractivity contribution in [2.45, 2.75) is 50.9 Å². The van der Waals surface area contributed by atoms with Crippen molar-refractivity contribution < 1.29 is 27.2 Å². The third-order valence-electron chi connectivity index (χ3n) is 4.31. The van der Waals surface area contributed by atoms with E-state index in [0.29, 0.717) is 31.5 Å². The first-order valence-electron chi connectivity index (χ1n) is 8.51. The van der Waals surface area contributed by atoms with Gasteiger partial charge in [-0.15, -0.1) is 0 Å². The van der Waals surface area contributed by atoms with Gasteiger partial charge in [-0.05, 0) is 38.7 Å². The minimum atomic E-state index is -4.69. The van der Waals surface area contributed by atoms with Crippen LogP contribution in [0.2, 0.25) is 0 Å². The molecule has 148 valence electrons. The summed E-state index contributed by atoms with van der Waals surface area (Å²) in [6.07, 6.45) is -1.65. The average molecular weight is 395 g/mol. The summed E-state index contributed by atoms with van der Waals surface area (Å²) in [5, 5.41) is 15.1. The van der Waals surface area contributed by atoms with Crippen molar-refractivity contribution in [2.75, 3.05) is 0 Å². The summed E-state index contributed by atoms with van der Waals surface area (Å²) < 4.78 is 49.4. The maximum Gasteiger partial charge on any atom is 0.419 e. The van der Waals surface area contributed by atoms with Gasteiger partial charge in [0.15, 0.2) is 11.5 Å². The lowest BCUT2D eigenvalue weighted by atomic mass is 9.93. The van der Waals surface area contributed by atoms with E-state index in [2.05, 4.69) is 20.4 Å². The van der Waals surface area contributed by atoms with Crippen LogP contribution in [0.3, 0.4) is 0 Å². The molecule has 0 bridgehead atoms. The molecule has 1 aliphatic carbocycles. The number of hydrogen-bond donors (Lipinski definition) is 1. The highest BCUT2D eigenvalue weighted by atomic mass is 19.4. The number of nitriles is 1. The zero-order chi connectivity index (χ0) is 20.3. The number of alkyl halides is 3. The van der Waals surface area contributed by atoms with Gasteiger partial charge in [0.1, 0.15) is 11.8 Å². The van der Waals surface area contributed by atoms with E-state index in [0.717, 1.165) is 12.3 Å². The molecule has 1 fully saturated rings. The van der Waals surface area contributed by atoms with Crippen LogP contribution in [0.25, 0.3) is 0 Å². The van der Waals surface area contributed by atoms with Crippen LogP contribution in [-0.4, -0.2) is 33.2 Å². The lowest BCUT2D eigenvalue weighted by Gasteiger charge is -2.29. The Kier molecular flexibility index (Phi) is 5.48. The second-order valence-corrected chi connectivity index (χ2v) is 6.39.